The molecule has 2 heterocycles. The van der Waals surface area contributed by atoms with Gasteiger partial charge in [0, 0.05) is 22.9 Å². The van der Waals surface area contributed by atoms with Gasteiger partial charge in [0.1, 0.15) is 12.2 Å². The van der Waals surface area contributed by atoms with Crippen LogP contribution in [-0.2, 0) is 11.8 Å². The summed E-state index contributed by atoms with van der Waals surface area (Å²) in [6.07, 6.45) is 5.54. The molecule has 0 aromatic heterocycles. The third-order valence-corrected chi connectivity index (χ3v) is 6.35. The lowest BCUT2D eigenvalue weighted by Crippen LogP contribution is -2.64. The molecule has 5 rings (SSSR count). The minimum Gasteiger partial charge on any atom is -0.493 e. The number of rotatable bonds is 1. The number of aliphatic hydroxyl groups is 1. The zero-order valence-electron chi connectivity index (χ0n) is 14.1. The van der Waals surface area contributed by atoms with Crippen LogP contribution in [0, 0.1) is 5.92 Å². The molecule has 5 atom stereocenters. The zero-order valence-corrected chi connectivity index (χ0v) is 14.1. The molecule has 4 aliphatic rings. The minimum absolute atomic E-state index is 0.0806. The normalized spacial score (nSPS) is 37.9. The van der Waals surface area contributed by atoms with E-state index < -0.39 is 6.10 Å². The first-order valence-corrected chi connectivity index (χ1v) is 8.44. The van der Waals surface area contributed by atoms with Crippen LogP contribution in [0.4, 0.5) is 0 Å². The first-order valence-electron chi connectivity index (χ1n) is 8.44. The fourth-order valence-corrected chi connectivity index (χ4v) is 5.39. The van der Waals surface area contributed by atoms with E-state index in [-0.39, 0.29) is 11.5 Å². The monoisotopic (exact) mass is 331 g/mol. The van der Waals surface area contributed by atoms with Gasteiger partial charge in [0.05, 0.1) is 7.11 Å². The number of ether oxygens (including phenoxy) is 2. The molecule has 24 heavy (non-hydrogen) atoms. The number of nitrogens with zero attached hydrogens (tertiary/aromatic N) is 1. The van der Waals surface area contributed by atoms with E-state index in [0.717, 1.165) is 30.9 Å². The number of piperidine rings is 1. The average Bonchev–Trinajstić information content (AvgIpc) is 2.97. The summed E-state index contributed by atoms with van der Waals surface area (Å²) < 4.78 is 11.8. The molecule has 2 aliphatic carbocycles. The highest BCUT2D eigenvalue weighted by Crippen LogP contribution is 2.62. The van der Waals surface area contributed by atoms with Gasteiger partial charge in [-0.15, -0.1) is 0 Å². The predicted octanol–water partition coefficient (Wildman–Crippen LogP) is 0.320. The fraction of sp³-hybridized carbons (Fsp3) is 0.556. The summed E-state index contributed by atoms with van der Waals surface area (Å²) in [6.45, 7) is 1.05. The van der Waals surface area contributed by atoms with Crippen molar-refractivity contribution in [3.05, 3.63) is 35.4 Å². The molecule has 6 heteroatoms. The second kappa shape index (κ2) is 5.46. The molecule has 0 radical (unpaired) electrons. The lowest BCUT2D eigenvalue weighted by Gasteiger charge is -2.56. The largest absolute Gasteiger partial charge is 0.493 e. The van der Waals surface area contributed by atoms with Crippen molar-refractivity contribution in [2.45, 2.75) is 36.5 Å². The highest BCUT2D eigenvalue weighted by molar-refractivity contribution is 5.62. The number of benzene rings is 1. The molecular formula is C18H25N3O3. The Morgan fingerprint density at radius 3 is 2.88 bits per heavy atom. The van der Waals surface area contributed by atoms with Crippen LogP contribution < -0.4 is 21.2 Å². The van der Waals surface area contributed by atoms with Crippen molar-refractivity contribution in [3.8, 4) is 11.5 Å². The number of hydrogen-bond donors (Lipinski definition) is 3. The van der Waals surface area contributed by atoms with Gasteiger partial charge in [-0.25, -0.2) is 0 Å². The van der Waals surface area contributed by atoms with Gasteiger partial charge in [0.2, 0.25) is 0 Å². The van der Waals surface area contributed by atoms with Crippen molar-refractivity contribution in [3.63, 3.8) is 0 Å². The van der Waals surface area contributed by atoms with Gasteiger partial charge in [-0.1, -0.05) is 18.2 Å². The van der Waals surface area contributed by atoms with E-state index in [4.69, 9.17) is 9.47 Å². The number of likely N-dealkylation sites (tertiary alicyclic amines) is 1. The van der Waals surface area contributed by atoms with Crippen LogP contribution in [-0.4, -0.2) is 49.0 Å². The van der Waals surface area contributed by atoms with Gasteiger partial charge in [0.25, 0.3) is 0 Å². The predicted molar refractivity (Wildman–Crippen MR) is 90.8 cm³/mol. The smallest absolute Gasteiger partial charge is 0.165 e. The number of hydrazine groups is 1. The molecule has 1 aromatic rings. The third-order valence-electron chi connectivity index (χ3n) is 6.35. The summed E-state index contributed by atoms with van der Waals surface area (Å²) in [5, 5.41) is 10.6. The summed E-state index contributed by atoms with van der Waals surface area (Å²) in [7, 11) is 3.91. The van der Waals surface area contributed by atoms with Crippen LogP contribution in [0.15, 0.2) is 24.3 Å². The molecule has 2 bridgehead atoms. The SMILES string of the molecule is COc1ccc2c3c1O[C@H]1[C@@H](O)C=C[C@H]4[C@@H](C2)N(C)CC[C@@]341.NN. The molecule has 1 spiro atoms. The lowest BCUT2D eigenvalue weighted by molar-refractivity contribution is -0.0453. The Kier molecular flexibility index (Phi) is 3.61. The van der Waals surface area contributed by atoms with Crippen LogP contribution >= 0.6 is 0 Å². The number of hydrogen-bond acceptors (Lipinski definition) is 6. The first kappa shape index (κ1) is 15.9. The highest BCUT2D eigenvalue weighted by Gasteiger charge is 2.64. The maximum Gasteiger partial charge on any atom is 0.165 e. The Hall–Kier alpha value is -1.60. The number of aliphatic hydroxyl groups excluding tert-OH is 1. The van der Waals surface area contributed by atoms with E-state index >= 15 is 0 Å². The van der Waals surface area contributed by atoms with E-state index in [0.29, 0.717) is 12.0 Å². The Morgan fingerprint density at radius 2 is 2.12 bits per heavy atom. The van der Waals surface area contributed by atoms with Crippen LogP contribution in [0.25, 0.3) is 0 Å². The summed E-state index contributed by atoms with van der Waals surface area (Å²) >= 11 is 0. The molecule has 130 valence electrons. The number of likely N-dealkylation sites (N-methyl/N-ethyl adjacent to an activating group) is 1. The zero-order chi connectivity index (χ0) is 17.1. The molecule has 1 fully saturated rings. The van der Waals surface area contributed by atoms with Crippen LogP contribution in [0.1, 0.15) is 17.5 Å². The molecule has 6 nitrogen and oxygen atoms in total. The van der Waals surface area contributed by atoms with Crippen LogP contribution in [0.3, 0.4) is 0 Å². The standard InChI is InChI=1S/C18H21NO3.H4N2/c1-19-8-7-18-11-4-5-13(20)17(18)22-16-14(21-2)6-3-10(15(16)18)9-12(11)19;1-2/h3-6,11-13,17,20H,7-9H2,1-2H3;1-2H2/t11-,12+,13-,17-,18-;/m0./s1. The van der Waals surface area contributed by atoms with E-state index in [9.17, 15) is 5.11 Å². The molecule has 0 unspecified atom stereocenters. The van der Waals surface area contributed by atoms with Gasteiger partial charge in [-0.2, -0.15) is 0 Å². The summed E-state index contributed by atoms with van der Waals surface area (Å²) in [5.41, 5.74) is 2.60. The molecule has 0 saturated carbocycles. The second-order valence-corrected chi connectivity index (χ2v) is 7.11. The first-order chi connectivity index (χ1) is 11.7. The third kappa shape index (κ3) is 1.74. The number of methoxy groups -OCH3 is 1. The quantitative estimate of drug-likeness (QED) is 0.390. The van der Waals surface area contributed by atoms with Crippen LogP contribution in [0.2, 0.25) is 0 Å². The summed E-state index contributed by atoms with van der Waals surface area (Å²) in [4.78, 5) is 2.47. The maximum atomic E-state index is 10.6. The molecule has 1 aromatic carbocycles. The van der Waals surface area contributed by atoms with E-state index in [1.165, 1.54) is 11.1 Å². The van der Waals surface area contributed by atoms with E-state index in [1.807, 2.05) is 12.1 Å². The van der Waals surface area contributed by atoms with E-state index in [2.05, 4.69) is 35.8 Å². The average molecular weight is 331 g/mol. The molecule has 5 N–H and O–H groups in total. The van der Waals surface area contributed by atoms with Gasteiger partial charge in [-0.05, 0) is 38.1 Å². The Balaban J connectivity index is 0.000000704. The maximum absolute atomic E-state index is 10.6. The second-order valence-electron chi connectivity index (χ2n) is 7.11. The van der Waals surface area contributed by atoms with E-state index in [1.54, 1.807) is 7.11 Å². The Morgan fingerprint density at radius 1 is 1.33 bits per heavy atom. The molecular weight excluding hydrogens is 306 g/mol. The van der Waals surface area contributed by atoms with Crippen molar-refractivity contribution in [2.75, 3.05) is 20.7 Å². The lowest BCUT2D eigenvalue weighted by atomic mass is 9.53. The summed E-state index contributed by atoms with van der Waals surface area (Å²) in [5.74, 6) is 10.1. The topological polar surface area (TPSA) is 94.0 Å². The Labute approximate surface area is 142 Å². The van der Waals surface area contributed by atoms with Crippen molar-refractivity contribution in [1.82, 2.24) is 4.90 Å². The molecule has 2 aliphatic heterocycles. The van der Waals surface area contributed by atoms with Crippen LogP contribution in [0.5, 0.6) is 11.5 Å². The Bertz CT molecular complexity index is 692. The molecule has 1 saturated heterocycles. The van der Waals surface area contributed by atoms with Gasteiger partial charge < -0.3 is 19.5 Å². The van der Waals surface area contributed by atoms with Crippen molar-refractivity contribution < 1.29 is 14.6 Å². The molecule has 0 amide bonds. The number of nitrogens with two attached hydrogens (primary N) is 2. The van der Waals surface area contributed by atoms with Crippen molar-refractivity contribution >= 4 is 0 Å². The van der Waals surface area contributed by atoms with Crippen molar-refractivity contribution in [1.29, 1.82) is 0 Å². The highest BCUT2D eigenvalue weighted by atomic mass is 16.5. The van der Waals surface area contributed by atoms with Gasteiger partial charge in [-0.3, -0.25) is 11.7 Å². The van der Waals surface area contributed by atoms with Gasteiger partial charge >= 0.3 is 0 Å². The van der Waals surface area contributed by atoms with Gasteiger partial charge in [0.15, 0.2) is 11.5 Å². The summed E-state index contributed by atoms with van der Waals surface area (Å²) in [6, 6.07) is 4.70. The fourth-order valence-electron chi connectivity index (χ4n) is 5.39. The minimum atomic E-state index is -0.539. The van der Waals surface area contributed by atoms with Crippen molar-refractivity contribution in [2.24, 2.45) is 17.6 Å².